The lowest BCUT2D eigenvalue weighted by molar-refractivity contribution is -0.117. The van der Waals surface area contributed by atoms with E-state index in [9.17, 15) is 13.6 Å². The van der Waals surface area contributed by atoms with Gasteiger partial charge in [-0.25, -0.2) is 8.78 Å². The molecule has 3 rings (SSSR count). The van der Waals surface area contributed by atoms with Gasteiger partial charge < -0.3 is 10.1 Å². The Balaban J connectivity index is 1.49. The van der Waals surface area contributed by atoms with Crippen LogP contribution in [0, 0.1) is 11.6 Å². The molecule has 1 fully saturated rings. The number of halogens is 2. The highest BCUT2D eigenvalue weighted by Gasteiger charge is 2.25. The van der Waals surface area contributed by atoms with Crippen molar-refractivity contribution < 1.29 is 18.3 Å². The maximum Gasteiger partial charge on any atom is 0.238 e. The Hall–Kier alpha value is -2.54. The number of amides is 1. The van der Waals surface area contributed by atoms with Crippen LogP contribution in [0.25, 0.3) is 0 Å². The molecule has 1 amide bonds. The number of hydrogen-bond acceptors (Lipinski definition) is 4. The number of ether oxygens (including phenoxy) is 1. The monoisotopic (exact) mass is 333 g/mol. The third kappa shape index (κ3) is 4.26. The number of likely N-dealkylation sites (tertiary alicyclic amines) is 1. The van der Waals surface area contributed by atoms with E-state index in [2.05, 4.69) is 10.3 Å². The van der Waals surface area contributed by atoms with Crippen molar-refractivity contribution >= 4 is 11.6 Å². The fourth-order valence-corrected chi connectivity index (χ4v) is 2.63. The highest BCUT2D eigenvalue weighted by molar-refractivity contribution is 5.92. The number of nitrogens with one attached hydrogen (secondary N) is 1. The number of rotatable bonds is 5. The number of pyridine rings is 1. The van der Waals surface area contributed by atoms with E-state index in [1.165, 1.54) is 6.07 Å². The van der Waals surface area contributed by atoms with E-state index in [0.717, 1.165) is 30.8 Å². The molecule has 1 aliphatic rings. The van der Waals surface area contributed by atoms with E-state index in [1.54, 1.807) is 24.5 Å². The maximum absolute atomic E-state index is 13.5. The predicted octanol–water partition coefficient (Wildman–Crippen LogP) is 2.45. The highest BCUT2D eigenvalue weighted by atomic mass is 19.1. The first-order valence-corrected chi connectivity index (χ1v) is 7.64. The number of anilines is 1. The average Bonchev–Trinajstić information content (AvgIpc) is 2.98. The van der Waals surface area contributed by atoms with E-state index in [1.807, 2.05) is 4.90 Å². The lowest BCUT2D eigenvalue weighted by Gasteiger charge is -2.16. The SMILES string of the molecule is O=C(CN1CC[C@@H](Oc2ccncc2)C1)Nc1ccc(F)cc1F. The summed E-state index contributed by atoms with van der Waals surface area (Å²) in [6.45, 7) is 1.46. The second-order valence-corrected chi connectivity index (χ2v) is 5.62. The van der Waals surface area contributed by atoms with Gasteiger partial charge in [0, 0.05) is 31.5 Å². The van der Waals surface area contributed by atoms with Crippen LogP contribution >= 0.6 is 0 Å². The van der Waals surface area contributed by atoms with E-state index in [-0.39, 0.29) is 24.2 Å². The summed E-state index contributed by atoms with van der Waals surface area (Å²) < 4.78 is 32.2. The van der Waals surface area contributed by atoms with Crippen molar-refractivity contribution in [3.05, 3.63) is 54.4 Å². The molecule has 1 aromatic carbocycles. The molecule has 0 aliphatic carbocycles. The molecule has 0 bridgehead atoms. The van der Waals surface area contributed by atoms with Gasteiger partial charge in [-0.3, -0.25) is 14.7 Å². The van der Waals surface area contributed by atoms with Gasteiger partial charge in [-0.05, 0) is 30.7 Å². The zero-order chi connectivity index (χ0) is 16.9. The van der Waals surface area contributed by atoms with Crippen molar-refractivity contribution in [1.82, 2.24) is 9.88 Å². The smallest absolute Gasteiger partial charge is 0.238 e. The van der Waals surface area contributed by atoms with E-state index in [4.69, 9.17) is 4.74 Å². The first-order chi connectivity index (χ1) is 11.6. The average molecular weight is 333 g/mol. The molecule has 24 heavy (non-hydrogen) atoms. The van der Waals surface area contributed by atoms with Crippen LogP contribution in [0.5, 0.6) is 5.75 Å². The van der Waals surface area contributed by atoms with Gasteiger partial charge in [0.2, 0.25) is 5.91 Å². The molecule has 0 saturated carbocycles. The molecule has 1 atom stereocenters. The minimum atomic E-state index is -0.788. The summed E-state index contributed by atoms with van der Waals surface area (Å²) >= 11 is 0. The summed E-state index contributed by atoms with van der Waals surface area (Å²) in [7, 11) is 0. The number of aromatic nitrogens is 1. The Bertz CT molecular complexity index is 712. The third-order valence-electron chi connectivity index (χ3n) is 3.75. The number of carbonyl (C=O) groups is 1. The predicted molar refractivity (Wildman–Crippen MR) is 84.7 cm³/mol. The van der Waals surface area contributed by atoms with Crippen molar-refractivity contribution in [2.24, 2.45) is 0 Å². The van der Waals surface area contributed by atoms with Crippen LogP contribution in [0.3, 0.4) is 0 Å². The fraction of sp³-hybridized carbons (Fsp3) is 0.294. The summed E-state index contributed by atoms with van der Waals surface area (Å²) in [5, 5.41) is 2.46. The molecule has 7 heteroatoms. The van der Waals surface area contributed by atoms with Gasteiger partial charge in [0.1, 0.15) is 23.5 Å². The molecule has 1 saturated heterocycles. The maximum atomic E-state index is 13.5. The van der Waals surface area contributed by atoms with E-state index >= 15 is 0 Å². The minimum absolute atomic E-state index is 0.00255. The van der Waals surface area contributed by atoms with Crippen LogP contribution < -0.4 is 10.1 Å². The Kier molecular flexibility index (Phi) is 5.00. The summed E-state index contributed by atoms with van der Waals surface area (Å²) in [4.78, 5) is 17.9. The van der Waals surface area contributed by atoms with Crippen LogP contribution in [0.2, 0.25) is 0 Å². The normalized spacial score (nSPS) is 17.7. The molecule has 1 aromatic heterocycles. The molecule has 5 nitrogen and oxygen atoms in total. The topological polar surface area (TPSA) is 54.5 Å². The summed E-state index contributed by atoms with van der Waals surface area (Å²) in [5.41, 5.74) is -0.0230. The van der Waals surface area contributed by atoms with Gasteiger partial charge in [-0.1, -0.05) is 0 Å². The quantitative estimate of drug-likeness (QED) is 0.913. The lowest BCUT2D eigenvalue weighted by atomic mass is 10.3. The number of benzene rings is 1. The standard InChI is InChI=1S/C17H17F2N3O2/c18-12-1-2-16(15(19)9-12)21-17(23)11-22-8-5-14(10-22)24-13-3-6-20-7-4-13/h1-4,6-7,9,14H,5,8,10-11H2,(H,21,23)/t14-/m1/s1. The Morgan fingerprint density at radius 1 is 1.29 bits per heavy atom. The van der Waals surface area contributed by atoms with Crippen molar-refractivity contribution in [3.63, 3.8) is 0 Å². The lowest BCUT2D eigenvalue weighted by Crippen LogP contribution is -2.33. The summed E-state index contributed by atoms with van der Waals surface area (Å²) in [6.07, 6.45) is 4.13. The minimum Gasteiger partial charge on any atom is -0.489 e. The molecule has 2 heterocycles. The Morgan fingerprint density at radius 3 is 2.83 bits per heavy atom. The van der Waals surface area contributed by atoms with E-state index < -0.39 is 11.6 Å². The van der Waals surface area contributed by atoms with Crippen LogP contribution in [-0.4, -0.2) is 41.5 Å². The van der Waals surface area contributed by atoms with Gasteiger partial charge in [0.15, 0.2) is 0 Å². The first kappa shape index (κ1) is 16.3. The van der Waals surface area contributed by atoms with Crippen molar-refractivity contribution in [2.75, 3.05) is 25.0 Å². The molecule has 0 unspecified atom stereocenters. The third-order valence-corrected chi connectivity index (χ3v) is 3.75. The molecule has 126 valence electrons. The molecular formula is C17H17F2N3O2. The van der Waals surface area contributed by atoms with Crippen LogP contribution in [0.1, 0.15) is 6.42 Å². The van der Waals surface area contributed by atoms with E-state index in [0.29, 0.717) is 6.54 Å². The van der Waals surface area contributed by atoms with Gasteiger partial charge in [-0.15, -0.1) is 0 Å². The summed E-state index contributed by atoms with van der Waals surface area (Å²) in [6, 6.07) is 6.62. The first-order valence-electron chi connectivity index (χ1n) is 7.64. The number of hydrogen-bond donors (Lipinski definition) is 1. The molecule has 0 radical (unpaired) electrons. The fourth-order valence-electron chi connectivity index (χ4n) is 2.63. The van der Waals surface area contributed by atoms with Gasteiger partial charge in [0.05, 0.1) is 12.2 Å². The Labute approximate surface area is 138 Å². The van der Waals surface area contributed by atoms with Crippen molar-refractivity contribution in [1.29, 1.82) is 0 Å². The van der Waals surface area contributed by atoms with Crippen molar-refractivity contribution in [2.45, 2.75) is 12.5 Å². The highest BCUT2D eigenvalue weighted by Crippen LogP contribution is 2.18. The zero-order valence-corrected chi connectivity index (χ0v) is 12.9. The molecule has 2 aromatic rings. The van der Waals surface area contributed by atoms with Gasteiger partial charge in [-0.2, -0.15) is 0 Å². The number of nitrogens with zero attached hydrogens (tertiary/aromatic N) is 2. The van der Waals surface area contributed by atoms with Gasteiger partial charge >= 0.3 is 0 Å². The Morgan fingerprint density at radius 2 is 2.08 bits per heavy atom. The van der Waals surface area contributed by atoms with Crippen LogP contribution in [-0.2, 0) is 4.79 Å². The molecule has 0 spiro atoms. The van der Waals surface area contributed by atoms with Gasteiger partial charge in [0.25, 0.3) is 0 Å². The zero-order valence-electron chi connectivity index (χ0n) is 12.9. The summed E-state index contributed by atoms with van der Waals surface area (Å²) in [5.74, 6) is -1.07. The molecule has 1 aliphatic heterocycles. The molecular weight excluding hydrogens is 316 g/mol. The second kappa shape index (κ2) is 7.35. The van der Waals surface area contributed by atoms with Crippen LogP contribution in [0.4, 0.5) is 14.5 Å². The van der Waals surface area contributed by atoms with Crippen molar-refractivity contribution in [3.8, 4) is 5.75 Å². The van der Waals surface area contributed by atoms with Crippen LogP contribution in [0.15, 0.2) is 42.7 Å². The molecule has 1 N–H and O–H groups in total. The second-order valence-electron chi connectivity index (χ2n) is 5.62. The largest absolute Gasteiger partial charge is 0.489 e. The number of carbonyl (C=O) groups excluding carboxylic acids is 1.